The lowest BCUT2D eigenvalue weighted by molar-refractivity contribution is -0.161. The summed E-state index contributed by atoms with van der Waals surface area (Å²) < 4.78 is 14.5. The van der Waals surface area contributed by atoms with E-state index in [0.717, 1.165) is 43.4 Å². The number of halogens is 1. The molecule has 0 aliphatic heterocycles. The van der Waals surface area contributed by atoms with Gasteiger partial charge in [0, 0.05) is 5.41 Å². The molecule has 0 aromatic carbocycles. The van der Waals surface area contributed by atoms with Gasteiger partial charge in [-0.25, -0.2) is 0 Å². The highest BCUT2D eigenvalue weighted by atomic mass is 19.1. The van der Waals surface area contributed by atoms with Crippen molar-refractivity contribution in [3.8, 4) is 0 Å². The molecule has 1 nitrogen and oxygen atoms in total. The number of hydrogen-bond acceptors (Lipinski definition) is 1. The summed E-state index contributed by atoms with van der Waals surface area (Å²) in [5.74, 6) is 3.50. The predicted octanol–water partition coefficient (Wildman–Crippen LogP) is 5.76. The van der Waals surface area contributed by atoms with E-state index in [1.54, 1.807) is 0 Å². The Morgan fingerprint density at radius 3 is 2.46 bits per heavy atom. The maximum atomic E-state index is 14.5. The molecular weight excluding hydrogens is 299 g/mol. The second-order valence-electron chi connectivity index (χ2n) is 10.4. The van der Waals surface area contributed by atoms with Crippen LogP contribution in [-0.4, -0.2) is 17.4 Å². The van der Waals surface area contributed by atoms with Gasteiger partial charge in [0.25, 0.3) is 0 Å². The first-order valence-corrected chi connectivity index (χ1v) is 10.6. The summed E-state index contributed by atoms with van der Waals surface area (Å²) >= 11 is 0. The van der Waals surface area contributed by atoms with Crippen LogP contribution in [-0.2, 0) is 0 Å². The second kappa shape index (κ2) is 5.69. The largest absolute Gasteiger partial charge is 0.390 e. The van der Waals surface area contributed by atoms with E-state index < -0.39 is 5.60 Å². The van der Waals surface area contributed by atoms with Crippen molar-refractivity contribution in [3.05, 3.63) is 0 Å². The highest BCUT2D eigenvalue weighted by Crippen LogP contribution is 2.68. The number of aliphatic hydroxyl groups is 1. The fraction of sp³-hybridized carbons (Fsp3) is 1.00. The number of rotatable bonds is 2. The van der Waals surface area contributed by atoms with E-state index in [1.807, 2.05) is 6.92 Å². The van der Waals surface area contributed by atoms with Crippen LogP contribution in [0.1, 0.15) is 85.0 Å². The molecule has 0 spiro atoms. The van der Waals surface area contributed by atoms with Crippen molar-refractivity contribution in [2.45, 2.75) is 90.6 Å². The monoisotopic (exact) mass is 336 g/mol. The van der Waals surface area contributed by atoms with E-state index in [4.69, 9.17) is 0 Å². The van der Waals surface area contributed by atoms with Crippen molar-refractivity contribution < 1.29 is 9.50 Å². The van der Waals surface area contributed by atoms with Gasteiger partial charge in [-0.3, -0.25) is 4.39 Å². The fourth-order valence-electron chi connectivity index (χ4n) is 8.27. The first kappa shape index (κ1) is 17.3. The lowest BCUT2D eigenvalue weighted by Gasteiger charge is -2.62. The SMILES string of the molecule is CCC1CCC2[C@@H]3CCC4C[C@](C)(O)CC[C@]4(CF)C3CC[C@]12C. The molecule has 4 fully saturated rings. The Balaban J connectivity index is 1.63. The molecule has 24 heavy (non-hydrogen) atoms. The first-order chi connectivity index (χ1) is 11.4. The smallest absolute Gasteiger partial charge is 0.0956 e. The Kier molecular flexibility index (Phi) is 4.11. The van der Waals surface area contributed by atoms with Gasteiger partial charge in [-0.2, -0.15) is 0 Å². The molecule has 4 rings (SSSR count). The van der Waals surface area contributed by atoms with Crippen molar-refractivity contribution in [1.29, 1.82) is 0 Å². The van der Waals surface area contributed by atoms with Crippen LogP contribution < -0.4 is 0 Å². The predicted molar refractivity (Wildman–Crippen MR) is 96.4 cm³/mol. The molecule has 4 aliphatic carbocycles. The Hall–Kier alpha value is -0.110. The molecular formula is C22H37FO. The van der Waals surface area contributed by atoms with E-state index in [9.17, 15) is 9.50 Å². The van der Waals surface area contributed by atoms with Crippen LogP contribution >= 0.6 is 0 Å². The van der Waals surface area contributed by atoms with Crippen molar-refractivity contribution in [2.75, 3.05) is 6.67 Å². The van der Waals surface area contributed by atoms with Gasteiger partial charge in [-0.15, -0.1) is 0 Å². The molecule has 0 heterocycles. The molecule has 8 atom stereocenters. The third-order valence-electron chi connectivity index (χ3n) is 9.59. The van der Waals surface area contributed by atoms with Crippen LogP contribution in [0.15, 0.2) is 0 Å². The van der Waals surface area contributed by atoms with Gasteiger partial charge in [0.15, 0.2) is 0 Å². The van der Waals surface area contributed by atoms with Gasteiger partial charge >= 0.3 is 0 Å². The Bertz CT molecular complexity index is 488. The summed E-state index contributed by atoms with van der Waals surface area (Å²) in [6.45, 7) is 6.76. The van der Waals surface area contributed by atoms with E-state index in [1.165, 1.54) is 38.5 Å². The molecule has 4 unspecified atom stereocenters. The number of fused-ring (bicyclic) bond motifs is 5. The van der Waals surface area contributed by atoms with Crippen LogP contribution in [0, 0.1) is 40.4 Å². The standard InChI is InChI=1S/C22H37FO/c1-4-15-6-8-18-17-7-5-16-13-20(2,24)11-12-22(16,14-23)19(17)9-10-21(15,18)3/h15-19,24H,4-14H2,1-3H3/t15?,16?,17-,18?,19?,20+,21+,22+/m0/s1. The van der Waals surface area contributed by atoms with E-state index >= 15 is 0 Å². The van der Waals surface area contributed by atoms with Gasteiger partial charge in [0.2, 0.25) is 0 Å². The maximum Gasteiger partial charge on any atom is 0.0956 e. The van der Waals surface area contributed by atoms with Crippen molar-refractivity contribution >= 4 is 0 Å². The molecule has 4 saturated carbocycles. The number of alkyl halides is 1. The molecule has 0 saturated heterocycles. The molecule has 138 valence electrons. The zero-order valence-corrected chi connectivity index (χ0v) is 16.0. The molecule has 4 aliphatic rings. The summed E-state index contributed by atoms with van der Waals surface area (Å²) in [5.41, 5.74) is -0.128. The lowest BCUT2D eigenvalue weighted by atomic mass is 9.43. The molecule has 0 radical (unpaired) electrons. The van der Waals surface area contributed by atoms with Gasteiger partial charge < -0.3 is 5.11 Å². The van der Waals surface area contributed by atoms with Crippen LogP contribution in [0.2, 0.25) is 0 Å². The highest BCUT2D eigenvalue weighted by molar-refractivity contribution is 5.11. The third kappa shape index (κ3) is 2.27. The zero-order valence-electron chi connectivity index (χ0n) is 16.0. The summed E-state index contributed by atoms with van der Waals surface area (Å²) in [5, 5.41) is 10.6. The second-order valence-corrected chi connectivity index (χ2v) is 10.4. The zero-order chi connectivity index (χ0) is 17.2. The minimum Gasteiger partial charge on any atom is -0.390 e. The minimum absolute atomic E-state index is 0.100. The normalized spacial score (nSPS) is 57.1. The minimum atomic E-state index is -0.556. The van der Waals surface area contributed by atoms with Crippen molar-refractivity contribution in [1.82, 2.24) is 0 Å². The van der Waals surface area contributed by atoms with Crippen molar-refractivity contribution in [2.24, 2.45) is 40.4 Å². The van der Waals surface area contributed by atoms with E-state index in [0.29, 0.717) is 17.3 Å². The third-order valence-corrected chi connectivity index (χ3v) is 9.59. The topological polar surface area (TPSA) is 20.2 Å². The summed E-state index contributed by atoms with van der Waals surface area (Å²) in [6.07, 6.45) is 11.7. The van der Waals surface area contributed by atoms with Crippen LogP contribution in [0.5, 0.6) is 0 Å². The summed E-state index contributed by atoms with van der Waals surface area (Å²) in [6, 6.07) is 0. The first-order valence-electron chi connectivity index (χ1n) is 10.6. The van der Waals surface area contributed by atoms with Gasteiger partial charge in [0.05, 0.1) is 12.3 Å². The highest BCUT2D eigenvalue weighted by Gasteiger charge is 2.62. The van der Waals surface area contributed by atoms with Gasteiger partial charge in [0.1, 0.15) is 0 Å². The number of hydrogen-bond donors (Lipinski definition) is 1. The average Bonchev–Trinajstić information content (AvgIpc) is 2.90. The van der Waals surface area contributed by atoms with E-state index in [-0.39, 0.29) is 12.1 Å². The fourth-order valence-corrected chi connectivity index (χ4v) is 8.27. The van der Waals surface area contributed by atoms with Gasteiger partial charge in [-0.1, -0.05) is 20.3 Å². The van der Waals surface area contributed by atoms with Crippen molar-refractivity contribution in [3.63, 3.8) is 0 Å². The summed E-state index contributed by atoms with van der Waals surface area (Å²) in [7, 11) is 0. The Labute approximate surface area is 147 Å². The Morgan fingerprint density at radius 2 is 1.75 bits per heavy atom. The quantitative estimate of drug-likeness (QED) is 0.680. The van der Waals surface area contributed by atoms with Crippen LogP contribution in [0.4, 0.5) is 4.39 Å². The lowest BCUT2D eigenvalue weighted by Crippen LogP contribution is -2.57. The van der Waals surface area contributed by atoms with Crippen LogP contribution in [0.25, 0.3) is 0 Å². The Morgan fingerprint density at radius 1 is 0.958 bits per heavy atom. The maximum absolute atomic E-state index is 14.5. The molecule has 0 amide bonds. The average molecular weight is 337 g/mol. The van der Waals surface area contributed by atoms with Crippen LogP contribution in [0.3, 0.4) is 0 Å². The molecule has 1 N–H and O–H groups in total. The van der Waals surface area contributed by atoms with Gasteiger partial charge in [-0.05, 0) is 99.7 Å². The molecule has 0 aromatic rings. The van der Waals surface area contributed by atoms with E-state index in [2.05, 4.69) is 13.8 Å². The molecule has 2 heteroatoms. The summed E-state index contributed by atoms with van der Waals surface area (Å²) in [4.78, 5) is 0. The molecule has 0 bridgehead atoms. The molecule has 0 aromatic heterocycles.